The van der Waals surface area contributed by atoms with E-state index in [4.69, 9.17) is 0 Å². The molecule has 0 spiro atoms. The fourth-order valence-electron chi connectivity index (χ4n) is 2.44. The molecule has 20 heavy (non-hydrogen) atoms. The molecule has 3 N–H and O–H groups in total. The number of aryl methyl sites for hydroxylation is 2. The van der Waals surface area contributed by atoms with Gasteiger partial charge in [0.1, 0.15) is 17.4 Å². The SMILES string of the molecule is Cc1cc(O)ccc1C(C(=O)O)c1c(C)cccc1O. The van der Waals surface area contributed by atoms with Crippen LogP contribution in [0.5, 0.6) is 11.5 Å². The number of phenols is 2. The molecule has 2 aromatic rings. The van der Waals surface area contributed by atoms with Crippen LogP contribution in [0.15, 0.2) is 36.4 Å². The van der Waals surface area contributed by atoms with Crippen molar-refractivity contribution in [3.05, 3.63) is 58.7 Å². The van der Waals surface area contributed by atoms with Crippen LogP contribution in [0.4, 0.5) is 0 Å². The maximum atomic E-state index is 11.7. The lowest BCUT2D eigenvalue weighted by atomic mass is 9.85. The van der Waals surface area contributed by atoms with Crippen LogP contribution in [0.25, 0.3) is 0 Å². The number of hydrogen-bond donors (Lipinski definition) is 3. The van der Waals surface area contributed by atoms with Crippen molar-refractivity contribution in [2.24, 2.45) is 0 Å². The standard InChI is InChI=1S/C16H16O4/c1-9-4-3-5-13(18)14(9)15(16(19)20)12-7-6-11(17)8-10(12)2/h3-8,15,17-18H,1-2H3,(H,19,20). The Labute approximate surface area is 116 Å². The van der Waals surface area contributed by atoms with Crippen LogP contribution in [0, 0.1) is 13.8 Å². The fraction of sp³-hybridized carbons (Fsp3) is 0.188. The molecular formula is C16H16O4. The molecule has 1 unspecified atom stereocenters. The summed E-state index contributed by atoms with van der Waals surface area (Å²) in [6, 6.07) is 9.47. The van der Waals surface area contributed by atoms with Crippen LogP contribution in [0.3, 0.4) is 0 Å². The Bertz CT molecular complexity index is 641. The zero-order valence-corrected chi connectivity index (χ0v) is 11.3. The van der Waals surface area contributed by atoms with Gasteiger partial charge in [0.25, 0.3) is 0 Å². The number of benzene rings is 2. The molecule has 4 nitrogen and oxygen atoms in total. The lowest BCUT2D eigenvalue weighted by Gasteiger charge is -2.19. The van der Waals surface area contributed by atoms with Crippen LogP contribution >= 0.6 is 0 Å². The van der Waals surface area contributed by atoms with Gasteiger partial charge in [-0.15, -0.1) is 0 Å². The number of carbonyl (C=O) groups is 1. The molecule has 0 aromatic heterocycles. The first kappa shape index (κ1) is 13.9. The molecule has 1 atom stereocenters. The third-order valence-electron chi connectivity index (χ3n) is 3.40. The first-order chi connectivity index (χ1) is 9.41. The number of aromatic hydroxyl groups is 2. The first-order valence-corrected chi connectivity index (χ1v) is 6.22. The van der Waals surface area contributed by atoms with Crippen LogP contribution in [0.1, 0.15) is 28.2 Å². The summed E-state index contributed by atoms with van der Waals surface area (Å²) < 4.78 is 0. The van der Waals surface area contributed by atoms with Crippen LogP contribution in [0.2, 0.25) is 0 Å². The average Bonchev–Trinajstić information content (AvgIpc) is 2.35. The quantitative estimate of drug-likeness (QED) is 0.802. The molecule has 0 aliphatic rings. The normalized spacial score (nSPS) is 12.1. The van der Waals surface area contributed by atoms with Crippen molar-refractivity contribution in [1.82, 2.24) is 0 Å². The molecule has 0 heterocycles. The molecule has 104 valence electrons. The third kappa shape index (κ3) is 2.45. The Kier molecular flexibility index (Phi) is 3.66. The number of carboxylic acids is 1. The van der Waals surface area contributed by atoms with Gasteiger partial charge in [0.15, 0.2) is 0 Å². The molecule has 4 heteroatoms. The van der Waals surface area contributed by atoms with Crippen LogP contribution in [-0.4, -0.2) is 21.3 Å². The Morgan fingerprint density at radius 3 is 2.30 bits per heavy atom. The average molecular weight is 272 g/mol. The Morgan fingerprint density at radius 1 is 1.05 bits per heavy atom. The summed E-state index contributed by atoms with van der Waals surface area (Å²) >= 11 is 0. The monoisotopic (exact) mass is 272 g/mol. The number of aliphatic carboxylic acids is 1. The molecule has 0 aliphatic heterocycles. The molecule has 0 bridgehead atoms. The predicted molar refractivity (Wildman–Crippen MR) is 75.2 cm³/mol. The largest absolute Gasteiger partial charge is 0.508 e. The number of phenolic OH excluding ortho intramolecular Hbond substituents is 2. The minimum absolute atomic E-state index is 0.0372. The first-order valence-electron chi connectivity index (χ1n) is 6.22. The lowest BCUT2D eigenvalue weighted by molar-refractivity contribution is -0.137. The van der Waals surface area contributed by atoms with E-state index in [0.717, 1.165) is 0 Å². The maximum absolute atomic E-state index is 11.7. The van der Waals surface area contributed by atoms with Gasteiger partial charge in [-0.3, -0.25) is 4.79 Å². The molecule has 0 fully saturated rings. The van der Waals surface area contributed by atoms with Crippen molar-refractivity contribution in [3.63, 3.8) is 0 Å². The molecule has 0 saturated carbocycles. The van der Waals surface area contributed by atoms with Gasteiger partial charge in [0.05, 0.1) is 0 Å². The highest BCUT2D eigenvalue weighted by atomic mass is 16.4. The number of hydrogen-bond acceptors (Lipinski definition) is 3. The summed E-state index contributed by atoms with van der Waals surface area (Å²) in [5.74, 6) is -1.95. The second-order valence-corrected chi connectivity index (χ2v) is 4.82. The Balaban J connectivity index is 2.66. The highest BCUT2D eigenvalue weighted by Crippen LogP contribution is 2.36. The van der Waals surface area contributed by atoms with Gasteiger partial charge < -0.3 is 15.3 Å². The number of carboxylic acid groups (broad SMARTS) is 1. The van der Waals surface area contributed by atoms with Crippen molar-refractivity contribution >= 4 is 5.97 Å². The van der Waals surface area contributed by atoms with Crippen LogP contribution < -0.4 is 0 Å². The Morgan fingerprint density at radius 2 is 1.75 bits per heavy atom. The highest BCUT2D eigenvalue weighted by molar-refractivity contribution is 5.82. The van der Waals surface area contributed by atoms with Gasteiger partial charge in [-0.1, -0.05) is 18.2 Å². The van der Waals surface area contributed by atoms with E-state index in [2.05, 4.69) is 0 Å². The molecule has 2 rings (SSSR count). The molecule has 0 aliphatic carbocycles. The van der Waals surface area contributed by atoms with Crippen molar-refractivity contribution in [2.75, 3.05) is 0 Å². The van der Waals surface area contributed by atoms with Gasteiger partial charge >= 0.3 is 5.97 Å². The lowest BCUT2D eigenvalue weighted by Crippen LogP contribution is -2.15. The Hall–Kier alpha value is -2.49. The fourth-order valence-corrected chi connectivity index (χ4v) is 2.44. The zero-order valence-electron chi connectivity index (χ0n) is 11.3. The molecule has 0 amide bonds. The predicted octanol–water partition coefficient (Wildman–Crippen LogP) is 2.93. The van der Waals surface area contributed by atoms with Gasteiger partial charge in [0, 0.05) is 5.56 Å². The van der Waals surface area contributed by atoms with E-state index in [1.165, 1.54) is 18.2 Å². The van der Waals surface area contributed by atoms with Crippen LogP contribution in [-0.2, 0) is 4.79 Å². The molecule has 2 aromatic carbocycles. The zero-order chi connectivity index (χ0) is 14.9. The van der Waals surface area contributed by atoms with E-state index in [1.54, 1.807) is 32.0 Å². The summed E-state index contributed by atoms with van der Waals surface area (Å²) in [6.45, 7) is 3.50. The van der Waals surface area contributed by atoms with Gasteiger partial charge in [-0.05, 0) is 48.7 Å². The third-order valence-corrected chi connectivity index (χ3v) is 3.40. The van der Waals surface area contributed by atoms with E-state index in [9.17, 15) is 20.1 Å². The molecule has 0 radical (unpaired) electrons. The summed E-state index contributed by atoms with van der Waals surface area (Å²) in [5, 5.41) is 29.0. The molecular weight excluding hydrogens is 256 g/mol. The highest BCUT2D eigenvalue weighted by Gasteiger charge is 2.27. The summed E-state index contributed by atoms with van der Waals surface area (Å²) in [6.07, 6.45) is 0. The molecule has 0 saturated heterocycles. The van der Waals surface area contributed by atoms with E-state index < -0.39 is 11.9 Å². The second kappa shape index (κ2) is 5.25. The van der Waals surface area contributed by atoms with Crippen molar-refractivity contribution < 1.29 is 20.1 Å². The summed E-state index contributed by atoms with van der Waals surface area (Å²) in [4.78, 5) is 11.7. The van der Waals surface area contributed by atoms with E-state index in [-0.39, 0.29) is 11.5 Å². The van der Waals surface area contributed by atoms with Gasteiger partial charge in [0.2, 0.25) is 0 Å². The summed E-state index contributed by atoms with van der Waals surface area (Å²) in [5.41, 5.74) is 2.32. The van der Waals surface area contributed by atoms with Crippen molar-refractivity contribution in [1.29, 1.82) is 0 Å². The minimum atomic E-state index is -1.04. The second-order valence-electron chi connectivity index (χ2n) is 4.82. The maximum Gasteiger partial charge on any atom is 0.315 e. The van der Waals surface area contributed by atoms with Gasteiger partial charge in [-0.2, -0.15) is 0 Å². The minimum Gasteiger partial charge on any atom is -0.508 e. The smallest absolute Gasteiger partial charge is 0.315 e. The van der Waals surface area contributed by atoms with E-state index >= 15 is 0 Å². The van der Waals surface area contributed by atoms with E-state index in [1.807, 2.05) is 0 Å². The van der Waals surface area contributed by atoms with Crippen molar-refractivity contribution in [3.8, 4) is 11.5 Å². The van der Waals surface area contributed by atoms with E-state index in [0.29, 0.717) is 22.3 Å². The van der Waals surface area contributed by atoms with Crippen molar-refractivity contribution in [2.45, 2.75) is 19.8 Å². The van der Waals surface area contributed by atoms with Gasteiger partial charge in [-0.25, -0.2) is 0 Å². The topological polar surface area (TPSA) is 77.8 Å². The summed E-state index contributed by atoms with van der Waals surface area (Å²) in [7, 11) is 0. The number of rotatable bonds is 3.